The van der Waals surface area contributed by atoms with E-state index >= 15 is 0 Å². The molecule has 98 valence electrons. The van der Waals surface area contributed by atoms with Crippen LogP contribution in [0, 0.1) is 0 Å². The molecule has 0 amide bonds. The number of hydrogen-bond acceptors (Lipinski definition) is 3. The van der Waals surface area contributed by atoms with Gasteiger partial charge in [-0.1, -0.05) is 49.7 Å². The largest absolute Gasteiger partial charge is 0.396 e. The molecule has 0 bridgehead atoms. The molecule has 17 heavy (non-hydrogen) atoms. The molecule has 1 aliphatic rings. The zero-order valence-corrected chi connectivity index (χ0v) is 10.9. The first kappa shape index (κ1) is 16.1. The lowest BCUT2D eigenvalue weighted by Gasteiger charge is -2.11. The van der Waals surface area contributed by atoms with E-state index in [-0.39, 0.29) is 0 Å². The molecule has 0 spiro atoms. The zero-order valence-electron chi connectivity index (χ0n) is 10.9. The van der Waals surface area contributed by atoms with Gasteiger partial charge in [0.05, 0.1) is 0 Å². The molecule has 0 atom stereocenters. The summed E-state index contributed by atoms with van der Waals surface area (Å²) >= 11 is 0. The Labute approximate surface area is 105 Å². The summed E-state index contributed by atoms with van der Waals surface area (Å²) < 4.78 is 0. The van der Waals surface area contributed by atoms with Crippen molar-refractivity contribution in [2.24, 2.45) is 0 Å². The molecule has 0 unspecified atom stereocenters. The Kier molecular flexibility index (Phi) is 14.3. The maximum Gasteiger partial charge on any atom is 0.0430 e. The van der Waals surface area contributed by atoms with E-state index < -0.39 is 0 Å². The van der Waals surface area contributed by atoms with E-state index in [1.807, 2.05) is 36.4 Å². The highest BCUT2D eigenvalue weighted by molar-refractivity contribution is 4.99. The van der Waals surface area contributed by atoms with Crippen LogP contribution in [0.2, 0.25) is 0 Å². The smallest absolute Gasteiger partial charge is 0.0430 e. The van der Waals surface area contributed by atoms with E-state index in [0.29, 0.717) is 6.61 Å². The molecular formula is C14H26N2O. The highest BCUT2D eigenvalue weighted by Crippen LogP contribution is 1.80. The van der Waals surface area contributed by atoms with E-state index in [9.17, 15) is 0 Å². The summed E-state index contributed by atoms with van der Waals surface area (Å²) in [4.78, 5) is 0. The van der Waals surface area contributed by atoms with Gasteiger partial charge in [-0.15, -0.1) is 0 Å². The van der Waals surface area contributed by atoms with Gasteiger partial charge in [-0.25, -0.2) is 0 Å². The molecule has 1 fully saturated rings. The normalized spacial score (nSPS) is 13.8. The van der Waals surface area contributed by atoms with Gasteiger partial charge in [-0.3, -0.25) is 0 Å². The molecule has 0 aromatic heterocycles. The number of aliphatic hydroxyl groups is 1. The summed E-state index contributed by atoms with van der Waals surface area (Å²) in [6.07, 6.45) is 2.04. The maximum absolute atomic E-state index is 8.07. The molecule has 3 nitrogen and oxygen atoms in total. The van der Waals surface area contributed by atoms with Crippen LogP contribution < -0.4 is 10.6 Å². The predicted molar refractivity (Wildman–Crippen MR) is 74.2 cm³/mol. The number of piperazine rings is 1. The first-order valence-electron chi connectivity index (χ1n) is 6.44. The Morgan fingerprint density at radius 2 is 1.18 bits per heavy atom. The van der Waals surface area contributed by atoms with Crippen LogP contribution >= 0.6 is 0 Å². The highest BCUT2D eigenvalue weighted by Gasteiger charge is 1.91. The third-order valence-corrected chi connectivity index (χ3v) is 2.14. The van der Waals surface area contributed by atoms with Gasteiger partial charge in [-0.05, 0) is 6.42 Å². The predicted octanol–water partition coefficient (Wildman–Crippen LogP) is 1.64. The monoisotopic (exact) mass is 238 g/mol. The van der Waals surface area contributed by atoms with Crippen molar-refractivity contribution in [3.8, 4) is 0 Å². The van der Waals surface area contributed by atoms with Gasteiger partial charge in [0.2, 0.25) is 0 Å². The summed E-state index contributed by atoms with van der Waals surface area (Å²) in [6, 6.07) is 12.0. The van der Waals surface area contributed by atoms with Crippen LogP contribution in [-0.2, 0) is 0 Å². The molecule has 0 radical (unpaired) electrons. The van der Waals surface area contributed by atoms with Crippen LogP contribution in [0.4, 0.5) is 0 Å². The van der Waals surface area contributed by atoms with Gasteiger partial charge in [0.1, 0.15) is 0 Å². The molecule has 1 aromatic carbocycles. The molecule has 3 heteroatoms. The van der Waals surface area contributed by atoms with Crippen LogP contribution in [0.5, 0.6) is 0 Å². The minimum atomic E-state index is 0.344. The summed E-state index contributed by atoms with van der Waals surface area (Å²) in [5.74, 6) is 0. The minimum Gasteiger partial charge on any atom is -0.396 e. The summed E-state index contributed by atoms with van der Waals surface area (Å²) in [5, 5.41) is 14.5. The third-order valence-electron chi connectivity index (χ3n) is 2.14. The lowest BCUT2D eigenvalue weighted by molar-refractivity contribution is 0.287. The van der Waals surface area contributed by atoms with Crippen LogP contribution in [0.3, 0.4) is 0 Å². The summed E-state index contributed by atoms with van der Waals surface area (Å²) in [7, 11) is 0. The Bertz CT molecular complexity index is 173. The van der Waals surface area contributed by atoms with E-state index in [1.165, 1.54) is 0 Å². The van der Waals surface area contributed by atoms with Crippen molar-refractivity contribution < 1.29 is 5.11 Å². The number of aliphatic hydroxyl groups excluding tert-OH is 1. The second-order valence-corrected chi connectivity index (χ2v) is 3.73. The van der Waals surface area contributed by atoms with Crippen molar-refractivity contribution in [1.82, 2.24) is 10.6 Å². The van der Waals surface area contributed by atoms with Crippen LogP contribution in [0.15, 0.2) is 36.4 Å². The Morgan fingerprint density at radius 1 is 0.824 bits per heavy atom. The standard InChI is InChI=1S/C6H6.C4H10N2.C4H10O/c1-2-4-6-5-3-1;1-2-6-4-3-5-1;1-2-3-4-5/h1-6H;5-6H,1-4H2;5H,2-4H2,1H3. The number of hydrogen-bond donors (Lipinski definition) is 3. The van der Waals surface area contributed by atoms with Crippen molar-refractivity contribution in [3.05, 3.63) is 36.4 Å². The molecule has 1 aromatic rings. The number of unbranched alkanes of at least 4 members (excludes halogenated alkanes) is 1. The second-order valence-electron chi connectivity index (χ2n) is 3.73. The Morgan fingerprint density at radius 3 is 1.29 bits per heavy atom. The van der Waals surface area contributed by atoms with Crippen molar-refractivity contribution in [1.29, 1.82) is 0 Å². The third kappa shape index (κ3) is 15.1. The number of benzene rings is 1. The van der Waals surface area contributed by atoms with Gasteiger partial charge in [0.15, 0.2) is 0 Å². The van der Waals surface area contributed by atoms with E-state index in [4.69, 9.17) is 5.11 Å². The highest BCUT2D eigenvalue weighted by atomic mass is 16.2. The lowest BCUT2D eigenvalue weighted by Crippen LogP contribution is -2.39. The SMILES string of the molecule is C1CNCCN1.CCCCO.c1ccccc1. The molecular weight excluding hydrogens is 212 g/mol. The Hall–Kier alpha value is -0.900. The molecule has 3 N–H and O–H groups in total. The number of nitrogens with one attached hydrogen (secondary N) is 2. The van der Waals surface area contributed by atoms with Crippen LogP contribution in [0.1, 0.15) is 19.8 Å². The number of rotatable bonds is 2. The first-order valence-corrected chi connectivity index (χ1v) is 6.44. The van der Waals surface area contributed by atoms with Crippen LogP contribution in [0.25, 0.3) is 0 Å². The quantitative estimate of drug-likeness (QED) is 0.734. The molecule has 1 aliphatic heterocycles. The van der Waals surface area contributed by atoms with E-state index in [2.05, 4.69) is 17.6 Å². The fourth-order valence-electron chi connectivity index (χ4n) is 1.15. The fourth-order valence-corrected chi connectivity index (χ4v) is 1.15. The molecule has 1 saturated heterocycles. The molecule has 2 rings (SSSR count). The summed E-state index contributed by atoms with van der Waals surface area (Å²) in [6.45, 7) is 6.95. The van der Waals surface area contributed by atoms with Crippen molar-refractivity contribution >= 4 is 0 Å². The topological polar surface area (TPSA) is 44.3 Å². The van der Waals surface area contributed by atoms with Gasteiger partial charge < -0.3 is 15.7 Å². The van der Waals surface area contributed by atoms with Crippen LogP contribution in [-0.4, -0.2) is 37.9 Å². The van der Waals surface area contributed by atoms with Gasteiger partial charge in [0, 0.05) is 32.8 Å². The molecule has 0 saturated carbocycles. The summed E-state index contributed by atoms with van der Waals surface area (Å²) in [5.41, 5.74) is 0. The second kappa shape index (κ2) is 15.1. The van der Waals surface area contributed by atoms with Gasteiger partial charge in [0.25, 0.3) is 0 Å². The average Bonchev–Trinajstić information content (AvgIpc) is 2.45. The van der Waals surface area contributed by atoms with Gasteiger partial charge >= 0.3 is 0 Å². The molecule has 1 heterocycles. The zero-order chi connectivity index (χ0) is 12.6. The van der Waals surface area contributed by atoms with E-state index in [0.717, 1.165) is 39.0 Å². The lowest BCUT2D eigenvalue weighted by atomic mass is 10.4. The fraction of sp³-hybridized carbons (Fsp3) is 0.571. The van der Waals surface area contributed by atoms with Gasteiger partial charge in [-0.2, -0.15) is 0 Å². The van der Waals surface area contributed by atoms with Crippen molar-refractivity contribution in [3.63, 3.8) is 0 Å². The minimum absolute atomic E-state index is 0.344. The van der Waals surface area contributed by atoms with Crippen molar-refractivity contribution in [2.45, 2.75) is 19.8 Å². The first-order chi connectivity index (χ1) is 8.41. The average molecular weight is 238 g/mol. The Balaban J connectivity index is 0.000000228. The maximum atomic E-state index is 8.07. The molecule has 0 aliphatic carbocycles. The van der Waals surface area contributed by atoms with Crippen molar-refractivity contribution in [2.75, 3.05) is 32.8 Å². The van der Waals surface area contributed by atoms with E-state index in [1.54, 1.807) is 0 Å².